The summed E-state index contributed by atoms with van der Waals surface area (Å²) in [6, 6.07) is 11.6. The maximum atomic E-state index is 6.14. The lowest BCUT2D eigenvalue weighted by atomic mass is 10.2. The Hall–Kier alpha value is -2.40. The first-order valence-corrected chi connectivity index (χ1v) is 6.89. The Morgan fingerprint density at radius 2 is 2.10 bits per heavy atom. The predicted octanol–water partition coefficient (Wildman–Crippen LogP) is 3.14. The van der Waals surface area contributed by atoms with Crippen LogP contribution in [-0.2, 0) is 13.6 Å². The van der Waals surface area contributed by atoms with E-state index < -0.39 is 0 Å². The topological polar surface area (TPSA) is 55.6 Å². The van der Waals surface area contributed by atoms with Gasteiger partial charge in [0, 0.05) is 30.4 Å². The van der Waals surface area contributed by atoms with E-state index >= 15 is 0 Å². The summed E-state index contributed by atoms with van der Waals surface area (Å²) in [4.78, 5) is 4.31. The molecule has 21 heavy (non-hydrogen) atoms. The maximum Gasteiger partial charge on any atom is 0.163 e. The monoisotopic (exact) mass is 299 g/mol. The number of benzene rings is 1. The van der Waals surface area contributed by atoms with Gasteiger partial charge in [-0.15, -0.1) is 10.2 Å². The van der Waals surface area contributed by atoms with Crippen LogP contribution in [0.4, 0.5) is 5.82 Å². The van der Waals surface area contributed by atoms with Gasteiger partial charge in [0.1, 0.15) is 12.1 Å². The summed E-state index contributed by atoms with van der Waals surface area (Å²) in [5, 5.41) is 12.0. The predicted molar refractivity (Wildman–Crippen MR) is 83.0 cm³/mol. The van der Waals surface area contributed by atoms with Crippen molar-refractivity contribution in [1.82, 2.24) is 19.7 Å². The number of nitrogens with zero attached hydrogens (tertiary/aromatic N) is 4. The fraction of sp³-hybridized carbons (Fsp3) is 0.133. The Morgan fingerprint density at radius 1 is 1.24 bits per heavy atom. The Morgan fingerprint density at radius 3 is 2.86 bits per heavy atom. The summed E-state index contributed by atoms with van der Waals surface area (Å²) < 4.78 is 1.87. The molecule has 2 heterocycles. The molecule has 0 aliphatic heterocycles. The highest BCUT2D eigenvalue weighted by Crippen LogP contribution is 2.20. The number of pyridine rings is 1. The van der Waals surface area contributed by atoms with Crippen molar-refractivity contribution in [2.75, 3.05) is 5.32 Å². The fourth-order valence-electron chi connectivity index (χ4n) is 2.04. The van der Waals surface area contributed by atoms with Crippen LogP contribution >= 0.6 is 11.6 Å². The summed E-state index contributed by atoms with van der Waals surface area (Å²) in [5.74, 6) is 1.58. The van der Waals surface area contributed by atoms with E-state index in [1.165, 1.54) is 0 Å². The van der Waals surface area contributed by atoms with Crippen LogP contribution in [0.3, 0.4) is 0 Å². The lowest BCUT2D eigenvalue weighted by Crippen LogP contribution is -2.02. The van der Waals surface area contributed by atoms with Crippen molar-refractivity contribution in [2.45, 2.75) is 6.54 Å². The molecular weight excluding hydrogens is 286 g/mol. The maximum absolute atomic E-state index is 6.14. The molecule has 0 saturated heterocycles. The van der Waals surface area contributed by atoms with Gasteiger partial charge in [-0.2, -0.15) is 0 Å². The zero-order valence-electron chi connectivity index (χ0n) is 11.5. The Kier molecular flexibility index (Phi) is 3.83. The van der Waals surface area contributed by atoms with E-state index in [2.05, 4.69) is 20.5 Å². The Bertz CT molecular complexity index is 753. The van der Waals surface area contributed by atoms with Crippen molar-refractivity contribution in [1.29, 1.82) is 0 Å². The molecule has 0 radical (unpaired) electrons. The average Bonchev–Trinajstić information content (AvgIpc) is 2.93. The summed E-state index contributed by atoms with van der Waals surface area (Å²) >= 11 is 6.14. The minimum absolute atomic E-state index is 0.620. The minimum Gasteiger partial charge on any atom is -0.366 e. The lowest BCUT2D eigenvalue weighted by Gasteiger charge is -2.08. The van der Waals surface area contributed by atoms with E-state index in [9.17, 15) is 0 Å². The molecule has 1 aromatic carbocycles. The van der Waals surface area contributed by atoms with Gasteiger partial charge in [-0.3, -0.25) is 0 Å². The molecule has 3 rings (SSSR count). The quantitative estimate of drug-likeness (QED) is 0.804. The molecule has 0 amide bonds. The number of hydrogen-bond donors (Lipinski definition) is 1. The number of anilines is 1. The third-order valence-electron chi connectivity index (χ3n) is 3.15. The largest absolute Gasteiger partial charge is 0.366 e. The van der Waals surface area contributed by atoms with Crippen LogP contribution in [0.15, 0.2) is 48.9 Å². The highest BCUT2D eigenvalue weighted by molar-refractivity contribution is 6.31. The Labute approximate surface area is 127 Å². The van der Waals surface area contributed by atoms with E-state index in [0.717, 1.165) is 27.8 Å². The molecule has 106 valence electrons. The standard InChI is InChI=1S/C15H14ClN5/c1-21-10-19-20-15(21)11-6-7-17-14(8-11)18-9-12-4-2-3-5-13(12)16/h2-8,10H,9H2,1H3,(H,17,18). The average molecular weight is 300 g/mol. The first-order valence-electron chi connectivity index (χ1n) is 6.52. The first-order chi connectivity index (χ1) is 10.2. The smallest absolute Gasteiger partial charge is 0.163 e. The van der Waals surface area contributed by atoms with Crippen LogP contribution < -0.4 is 5.32 Å². The summed E-state index contributed by atoms with van der Waals surface area (Å²) in [6.07, 6.45) is 3.42. The number of hydrogen-bond acceptors (Lipinski definition) is 4. The fourth-order valence-corrected chi connectivity index (χ4v) is 2.24. The molecule has 0 unspecified atom stereocenters. The van der Waals surface area contributed by atoms with Gasteiger partial charge in [-0.25, -0.2) is 4.98 Å². The molecule has 0 bridgehead atoms. The SMILES string of the molecule is Cn1cnnc1-c1ccnc(NCc2ccccc2Cl)c1. The molecule has 2 aromatic heterocycles. The van der Waals surface area contributed by atoms with E-state index in [-0.39, 0.29) is 0 Å². The number of aromatic nitrogens is 4. The van der Waals surface area contributed by atoms with E-state index in [1.54, 1.807) is 12.5 Å². The number of nitrogens with one attached hydrogen (secondary N) is 1. The third-order valence-corrected chi connectivity index (χ3v) is 3.52. The van der Waals surface area contributed by atoms with Crippen LogP contribution in [0.25, 0.3) is 11.4 Å². The second kappa shape index (κ2) is 5.93. The molecule has 0 saturated carbocycles. The van der Waals surface area contributed by atoms with Crippen LogP contribution in [0.1, 0.15) is 5.56 Å². The van der Waals surface area contributed by atoms with Gasteiger partial charge < -0.3 is 9.88 Å². The molecule has 0 aliphatic rings. The van der Waals surface area contributed by atoms with Gasteiger partial charge in [0.2, 0.25) is 0 Å². The number of aryl methyl sites for hydroxylation is 1. The van der Waals surface area contributed by atoms with Crippen molar-refractivity contribution >= 4 is 17.4 Å². The molecular formula is C15H14ClN5. The first kappa shape index (κ1) is 13.6. The van der Waals surface area contributed by atoms with Crippen molar-refractivity contribution in [3.63, 3.8) is 0 Å². The molecule has 5 nitrogen and oxygen atoms in total. The van der Waals surface area contributed by atoms with Gasteiger partial charge in [-0.05, 0) is 23.8 Å². The van der Waals surface area contributed by atoms with E-state index in [4.69, 9.17) is 11.6 Å². The normalized spacial score (nSPS) is 10.6. The second-order valence-electron chi connectivity index (χ2n) is 4.64. The highest BCUT2D eigenvalue weighted by Gasteiger charge is 2.06. The Balaban J connectivity index is 1.78. The zero-order valence-corrected chi connectivity index (χ0v) is 12.2. The van der Waals surface area contributed by atoms with Gasteiger partial charge in [-0.1, -0.05) is 29.8 Å². The van der Waals surface area contributed by atoms with Gasteiger partial charge in [0.15, 0.2) is 5.82 Å². The highest BCUT2D eigenvalue weighted by atomic mass is 35.5. The molecule has 1 N–H and O–H groups in total. The molecule has 0 atom stereocenters. The molecule has 3 aromatic rings. The molecule has 6 heteroatoms. The van der Waals surface area contributed by atoms with Gasteiger partial charge >= 0.3 is 0 Å². The number of halogens is 1. The van der Waals surface area contributed by atoms with Gasteiger partial charge in [0.25, 0.3) is 0 Å². The zero-order chi connectivity index (χ0) is 14.7. The van der Waals surface area contributed by atoms with E-state index in [1.807, 2.05) is 48.0 Å². The van der Waals surface area contributed by atoms with Crippen molar-refractivity contribution in [2.24, 2.45) is 7.05 Å². The van der Waals surface area contributed by atoms with E-state index in [0.29, 0.717) is 6.54 Å². The van der Waals surface area contributed by atoms with Crippen LogP contribution in [0.5, 0.6) is 0 Å². The lowest BCUT2D eigenvalue weighted by molar-refractivity contribution is 0.919. The van der Waals surface area contributed by atoms with Crippen LogP contribution in [-0.4, -0.2) is 19.7 Å². The second-order valence-corrected chi connectivity index (χ2v) is 5.05. The van der Waals surface area contributed by atoms with Crippen molar-refractivity contribution < 1.29 is 0 Å². The van der Waals surface area contributed by atoms with Crippen LogP contribution in [0.2, 0.25) is 5.02 Å². The molecule has 0 fully saturated rings. The van der Waals surface area contributed by atoms with Gasteiger partial charge in [0.05, 0.1) is 0 Å². The van der Waals surface area contributed by atoms with Crippen LogP contribution in [0, 0.1) is 0 Å². The minimum atomic E-state index is 0.620. The molecule has 0 aliphatic carbocycles. The van der Waals surface area contributed by atoms with Crippen molar-refractivity contribution in [3.8, 4) is 11.4 Å². The third kappa shape index (κ3) is 3.03. The van der Waals surface area contributed by atoms with Crippen molar-refractivity contribution in [3.05, 3.63) is 59.5 Å². The summed E-state index contributed by atoms with van der Waals surface area (Å²) in [7, 11) is 1.91. The number of rotatable bonds is 4. The summed E-state index contributed by atoms with van der Waals surface area (Å²) in [5.41, 5.74) is 2.00. The molecule has 0 spiro atoms. The summed E-state index contributed by atoms with van der Waals surface area (Å²) in [6.45, 7) is 0.620.